The highest BCUT2D eigenvalue weighted by atomic mass is 16.8. The van der Waals surface area contributed by atoms with E-state index in [-0.39, 0.29) is 68.2 Å². The van der Waals surface area contributed by atoms with Crippen molar-refractivity contribution < 1.29 is 163 Å². The van der Waals surface area contributed by atoms with Crippen LogP contribution in [0.3, 0.4) is 0 Å². The second-order valence-corrected chi connectivity index (χ2v) is 21.5. The van der Waals surface area contributed by atoms with Gasteiger partial charge < -0.3 is 158 Å². The number of methoxy groups -OCH3 is 3. The maximum atomic E-state index is 11.8. The number of ether oxygens (including phenoxy) is 14. The number of esters is 1. The van der Waals surface area contributed by atoms with Gasteiger partial charge in [0.1, 0.15) is 110 Å². The van der Waals surface area contributed by atoms with Crippen LogP contribution in [0.15, 0.2) is 42.5 Å². The molecule has 0 aliphatic carbocycles. The fourth-order valence-electron chi connectivity index (χ4n) is 9.73. The molecular formula is C56H88O33. The van der Waals surface area contributed by atoms with E-state index < -0.39 is 174 Å². The lowest BCUT2D eigenvalue weighted by Crippen LogP contribution is -2.62. The number of aliphatic hydroxyl groups is 18. The Morgan fingerprint density at radius 2 is 1.12 bits per heavy atom. The molecule has 11 unspecified atom stereocenters. The summed E-state index contributed by atoms with van der Waals surface area (Å²) in [6.45, 7) is 1.96. The zero-order valence-corrected chi connectivity index (χ0v) is 49.7. The molecule has 6 fully saturated rings. The van der Waals surface area contributed by atoms with Crippen LogP contribution in [0.25, 0.3) is 6.08 Å². The first kappa shape index (κ1) is 75.5. The topological polar surface area (TPSA) is 510 Å². The largest absolute Gasteiger partial charge is 0.497 e. The van der Waals surface area contributed by atoms with Gasteiger partial charge in [-0.25, -0.2) is 4.79 Å². The Balaban J connectivity index is 0.000000230. The second kappa shape index (κ2) is 35.7. The molecule has 0 radical (unpaired) electrons. The van der Waals surface area contributed by atoms with Crippen molar-refractivity contribution in [1.82, 2.24) is 0 Å². The number of hydrogen-bond donors (Lipinski definition) is 18. The summed E-state index contributed by atoms with van der Waals surface area (Å²) in [6, 6.07) is 9.62. The standard InChI is InChI=1S/C22H32O13.C14H26O7.C13H16O6.C7H14O7/c1-30-12-6-11(4-3-5-23)7-13(31-2)17(12)34-20-18(16(27)15(26)14(8-24)33-20)35-21-19(28)22(29,9-25)10-32-21;1-6-7(2)11(16)14(20-8(6)3)21-10-5-19-9(4-15)12(17)13(10)18;1-17-9-4-2-8(3-5-9)13(16)19-11-7-18-10(6-14)12(11)15;8-1-3-4(10)5(11)6(12)7(14-3)13-2-9/h3-4,6-7,14-16,18-21,23-29H,5,8-10H2,1-2H3;6-18H,4-5H2,1-3H3;2-5,10-12,14-15H,6-7H2,1H3;3-12H,1-2H2/b4-3-;;;/t14?,15-,16-,18?,19?,20+,21+,22-;6?,7-,8?,9+,10?,11?,12-,13?,14-;10-,11?,12+;3?,4-,5-,6?,7+/m1111/s1. The molecule has 25 atom stereocenters. The summed E-state index contributed by atoms with van der Waals surface area (Å²) >= 11 is 0. The first-order valence-electron chi connectivity index (χ1n) is 28.3. The zero-order valence-electron chi connectivity index (χ0n) is 49.7. The Kier molecular flexibility index (Phi) is 30.3. The van der Waals surface area contributed by atoms with Crippen LogP contribution in [-0.4, -0.2) is 326 Å². The fourth-order valence-corrected chi connectivity index (χ4v) is 9.73. The number of carbonyl (C=O) groups is 1. The minimum atomic E-state index is -1.99. The molecule has 2 aromatic carbocycles. The van der Waals surface area contributed by atoms with E-state index in [1.807, 2.05) is 20.8 Å². The molecule has 33 nitrogen and oxygen atoms in total. The molecule has 6 heterocycles. The maximum Gasteiger partial charge on any atom is 0.338 e. The number of aliphatic hydroxyl groups excluding tert-OH is 17. The molecule has 0 bridgehead atoms. The van der Waals surface area contributed by atoms with Crippen molar-refractivity contribution in [3.05, 3.63) is 53.6 Å². The molecule has 6 saturated heterocycles. The van der Waals surface area contributed by atoms with Gasteiger partial charge in [0, 0.05) is 0 Å². The highest BCUT2D eigenvalue weighted by Gasteiger charge is 2.54. The van der Waals surface area contributed by atoms with Crippen LogP contribution in [0.5, 0.6) is 23.0 Å². The summed E-state index contributed by atoms with van der Waals surface area (Å²) in [7, 11) is 4.30. The van der Waals surface area contributed by atoms with E-state index in [0.29, 0.717) is 16.9 Å². The molecular weight excluding hydrogens is 1200 g/mol. The van der Waals surface area contributed by atoms with Gasteiger partial charge in [0.05, 0.1) is 92.5 Å². The Bertz CT molecular complexity index is 2380. The third-order valence-corrected chi connectivity index (χ3v) is 15.7. The van der Waals surface area contributed by atoms with Crippen LogP contribution in [0.4, 0.5) is 0 Å². The quantitative estimate of drug-likeness (QED) is 0.0433. The number of carbonyl (C=O) groups excluding carboxylic acids is 1. The Hall–Kier alpha value is -4.23. The molecule has 510 valence electrons. The van der Waals surface area contributed by atoms with Crippen molar-refractivity contribution in [2.24, 2.45) is 11.8 Å². The third-order valence-electron chi connectivity index (χ3n) is 15.7. The van der Waals surface area contributed by atoms with Crippen LogP contribution < -0.4 is 18.9 Å². The highest BCUT2D eigenvalue weighted by Crippen LogP contribution is 2.42. The lowest BCUT2D eigenvalue weighted by molar-refractivity contribution is -0.319. The molecule has 18 N–H and O–H groups in total. The van der Waals surface area contributed by atoms with Crippen LogP contribution in [0.1, 0.15) is 36.7 Å². The molecule has 6 aliphatic heterocycles. The average Bonchev–Trinajstić information content (AvgIpc) is 2.56. The van der Waals surface area contributed by atoms with E-state index >= 15 is 0 Å². The predicted octanol–water partition coefficient (Wildman–Crippen LogP) is -7.06. The minimum absolute atomic E-state index is 0.00415. The van der Waals surface area contributed by atoms with E-state index in [1.54, 1.807) is 42.5 Å². The molecule has 0 aromatic heterocycles. The molecule has 8 rings (SSSR count). The summed E-state index contributed by atoms with van der Waals surface area (Å²) in [5.74, 6) is 0.701. The van der Waals surface area contributed by atoms with Gasteiger partial charge in [-0.1, -0.05) is 26.0 Å². The Morgan fingerprint density at radius 1 is 0.573 bits per heavy atom. The summed E-state index contributed by atoms with van der Waals surface area (Å²) in [6.07, 6.45) is -22.4. The van der Waals surface area contributed by atoms with Crippen molar-refractivity contribution in [2.75, 3.05) is 87.6 Å². The van der Waals surface area contributed by atoms with E-state index in [0.717, 1.165) is 0 Å². The van der Waals surface area contributed by atoms with Crippen LogP contribution >= 0.6 is 0 Å². The highest BCUT2D eigenvalue weighted by molar-refractivity contribution is 5.89. The van der Waals surface area contributed by atoms with Crippen molar-refractivity contribution in [1.29, 1.82) is 0 Å². The van der Waals surface area contributed by atoms with Crippen molar-refractivity contribution in [3.63, 3.8) is 0 Å². The second-order valence-electron chi connectivity index (χ2n) is 21.5. The first-order chi connectivity index (χ1) is 42.3. The van der Waals surface area contributed by atoms with Gasteiger partial charge in [-0.2, -0.15) is 0 Å². The first-order valence-corrected chi connectivity index (χ1v) is 28.3. The SMILES string of the molecule is CC1O[C@H](OC2CO[C@@H](CO)[C@@H](O)C2O)C(O)[C@H](C)C1C.COc1cc(/C=C\CO)cc(OC)c1O[C@@H]1OC(CO)[C@@H](O)[C@@H](O)C1O[C@@H]1OC[C@](O)(CO)C1O.COc1ccc(C(=O)OC2CO[C@H](CO)[C@@H]2O)cc1.OCO[C@H]1OC(CO)[C@@H](O)[C@@H](O)C1O. The molecule has 2 aromatic rings. The van der Waals surface area contributed by atoms with E-state index in [1.165, 1.54) is 27.4 Å². The van der Waals surface area contributed by atoms with Crippen molar-refractivity contribution in [2.45, 2.75) is 161 Å². The van der Waals surface area contributed by atoms with Crippen LogP contribution in [0, 0.1) is 11.8 Å². The summed E-state index contributed by atoms with van der Waals surface area (Å²) in [4.78, 5) is 11.8. The number of hydrogen-bond acceptors (Lipinski definition) is 33. The molecule has 0 saturated carbocycles. The van der Waals surface area contributed by atoms with E-state index in [9.17, 15) is 71.2 Å². The van der Waals surface area contributed by atoms with Crippen molar-refractivity contribution >= 4 is 12.0 Å². The minimum Gasteiger partial charge on any atom is -0.497 e. The Labute approximate surface area is 511 Å². The predicted molar refractivity (Wildman–Crippen MR) is 296 cm³/mol. The van der Waals surface area contributed by atoms with Gasteiger partial charge in [0.15, 0.2) is 42.6 Å². The van der Waals surface area contributed by atoms with Crippen LogP contribution in [0.2, 0.25) is 0 Å². The average molecular weight is 1290 g/mol. The maximum absolute atomic E-state index is 11.8. The van der Waals surface area contributed by atoms with Crippen molar-refractivity contribution in [3.8, 4) is 23.0 Å². The van der Waals surface area contributed by atoms with Gasteiger partial charge >= 0.3 is 5.97 Å². The fraction of sp³-hybridized carbons (Fsp3) is 0.732. The lowest BCUT2D eigenvalue weighted by Gasteiger charge is -2.44. The molecule has 89 heavy (non-hydrogen) atoms. The van der Waals surface area contributed by atoms with E-state index in [2.05, 4.69) is 4.74 Å². The summed E-state index contributed by atoms with van der Waals surface area (Å²) in [5, 5.41) is 172. The Morgan fingerprint density at radius 3 is 1.65 bits per heavy atom. The lowest BCUT2D eigenvalue weighted by atomic mass is 9.84. The number of rotatable bonds is 20. The summed E-state index contributed by atoms with van der Waals surface area (Å²) in [5.41, 5.74) is -1.01. The van der Waals surface area contributed by atoms with E-state index in [4.69, 9.17) is 87.1 Å². The van der Waals surface area contributed by atoms with Gasteiger partial charge in [0.25, 0.3) is 0 Å². The third kappa shape index (κ3) is 19.0. The summed E-state index contributed by atoms with van der Waals surface area (Å²) < 4.78 is 74.4. The molecule has 6 aliphatic rings. The number of benzene rings is 2. The zero-order chi connectivity index (χ0) is 66.0. The van der Waals surface area contributed by atoms with Crippen LogP contribution in [-0.2, 0) is 47.4 Å². The van der Waals surface area contributed by atoms with Gasteiger partial charge in [0.2, 0.25) is 12.0 Å². The molecule has 0 amide bonds. The van der Waals surface area contributed by atoms with Gasteiger partial charge in [-0.15, -0.1) is 0 Å². The monoisotopic (exact) mass is 1290 g/mol. The smallest absolute Gasteiger partial charge is 0.338 e. The van der Waals surface area contributed by atoms with Gasteiger partial charge in [-0.05, 0) is 60.7 Å². The molecule has 33 heteroatoms. The van der Waals surface area contributed by atoms with Gasteiger partial charge in [-0.3, -0.25) is 0 Å². The normalized spacial score (nSPS) is 38.7. The molecule has 0 spiro atoms.